The van der Waals surface area contributed by atoms with Crippen LogP contribution in [0.3, 0.4) is 0 Å². The number of hydrogen-bond donors (Lipinski definition) is 1. The van der Waals surface area contributed by atoms with Gasteiger partial charge in [-0.15, -0.1) is 0 Å². The second-order valence-electron chi connectivity index (χ2n) is 3.85. The zero-order valence-electron chi connectivity index (χ0n) is 9.70. The summed E-state index contributed by atoms with van der Waals surface area (Å²) in [5, 5.41) is 0.571. The maximum absolute atomic E-state index is 13.1. The summed E-state index contributed by atoms with van der Waals surface area (Å²) >= 11 is 5.93. The van der Waals surface area contributed by atoms with E-state index in [9.17, 15) is 4.39 Å². The maximum atomic E-state index is 13.1. The van der Waals surface area contributed by atoms with Crippen LogP contribution in [0.25, 0.3) is 0 Å². The molecule has 0 aliphatic rings. The highest BCUT2D eigenvalue weighted by molar-refractivity contribution is 6.30. The van der Waals surface area contributed by atoms with E-state index >= 15 is 0 Å². The standard InChI is InChI=1S/C14H13ClFNO/c15-11-5-4-10(6-7-17)14(8-11)18-13-3-1-2-12(16)9-13/h1-5,8-9H,6-7,17H2. The Hall–Kier alpha value is -1.58. The van der Waals surface area contributed by atoms with Crippen molar-refractivity contribution in [3.63, 3.8) is 0 Å². The van der Waals surface area contributed by atoms with Crippen LogP contribution in [0.15, 0.2) is 42.5 Å². The fourth-order valence-electron chi connectivity index (χ4n) is 1.64. The third kappa shape index (κ3) is 3.22. The number of ether oxygens (including phenoxy) is 1. The van der Waals surface area contributed by atoms with Crippen LogP contribution in [-0.4, -0.2) is 6.54 Å². The summed E-state index contributed by atoms with van der Waals surface area (Å²) in [6.45, 7) is 0.515. The molecule has 4 heteroatoms. The molecule has 0 heterocycles. The highest BCUT2D eigenvalue weighted by Crippen LogP contribution is 2.29. The number of halogens is 2. The third-order valence-corrected chi connectivity index (χ3v) is 2.70. The molecule has 2 aromatic rings. The van der Waals surface area contributed by atoms with Crippen molar-refractivity contribution in [3.05, 3.63) is 58.9 Å². The van der Waals surface area contributed by atoms with E-state index in [0.29, 0.717) is 29.5 Å². The zero-order chi connectivity index (χ0) is 13.0. The van der Waals surface area contributed by atoms with E-state index in [4.69, 9.17) is 22.1 Å². The molecule has 0 bridgehead atoms. The van der Waals surface area contributed by atoms with Crippen LogP contribution in [0.4, 0.5) is 4.39 Å². The first-order valence-electron chi connectivity index (χ1n) is 5.61. The molecule has 2 rings (SSSR count). The molecule has 0 saturated carbocycles. The lowest BCUT2D eigenvalue weighted by Gasteiger charge is -2.11. The predicted molar refractivity (Wildman–Crippen MR) is 70.7 cm³/mol. The molecule has 0 atom stereocenters. The minimum Gasteiger partial charge on any atom is -0.457 e. The largest absolute Gasteiger partial charge is 0.457 e. The normalized spacial score (nSPS) is 10.4. The van der Waals surface area contributed by atoms with Crippen LogP contribution in [0, 0.1) is 5.82 Å². The van der Waals surface area contributed by atoms with Gasteiger partial charge in [0.05, 0.1) is 0 Å². The Labute approximate surface area is 110 Å². The van der Waals surface area contributed by atoms with Crippen molar-refractivity contribution in [2.45, 2.75) is 6.42 Å². The molecule has 94 valence electrons. The van der Waals surface area contributed by atoms with E-state index in [1.807, 2.05) is 6.07 Å². The van der Waals surface area contributed by atoms with Gasteiger partial charge >= 0.3 is 0 Å². The molecule has 18 heavy (non-hydrogen) atoms. The van der Waals surface area contributed by atoms with Crippen molar-refractivity contribution in [2.24, 2.45) is 5.73 Å². The van der Waals surface area contributed by atoms with Crippen molar-refractivity contribution in [1.82, 2.24) is 0 Å². The lowest BCUT2D eigenvalue weighted by atomic mass is 10.1. The second kappa shape index (κ2) is 5.85. The zero-order valence-corrected chi connectivity index (χ0v) is 10.5. The quantitative estimate of drug-likeness (QED) is 0.913. The Bertz CT molecular complexity index is 545. The summed E-state index contributed by atoms with van der Waals surface area (Å²) in [5.41, 5.74) is 6.49. The first-order valence-corrected chi connectivity index (χ1v) is 5.99. The van der Waals surface area contributed by atoms with Gasteiger partial charge in [0.25, 0.3) is 0 Å². The summed E-state index contributed by atoms with van der Waals surface area (Å²) in [4.78, 5) is 0. The predicted octanol–water partition coefficient (Wildman–Crippen LogP) is 3.77. The summed E-state index contributed by atoms with van der Waals surface area (Å²) < 4.78 is 18.7. The fraction of sp³-hybridized carbons (Fsp3) is 0.143. The fourth-order valence-corrected chi connectivity index (χ4v) is 1.80. The van der Waals surface area contributed by atoms with Gasteiger partial charge in [0.1, 0.15) is 17.3 Å². The van der Waals surface area contributed by atoms with Gasteiger partial charge in [-0.2, -0.15) is 0 Å². The topological polar surface area (TPSA) is 35.2 Å². The number of nitrogens with two attached hydrogens (primary N) is 1. The molecule has 0 aliphatic carbocycles. The summed E-state index contributed by atoms with van der Waals surface area (Å²) in [7, 11) is 0. The van der Waals surface area contributed by atoms with Crippen LogP contribution < -0.4 is 10.5 Å². The average Bonchev–Trinajstić information content (AvgIpc) is 2.33. The Balaban J connectivity index is 2.29. The molecule has 0 aromatic heterocycles. The van der Waals surface area contributed by atoms with Crippen molar-refractivity contribution >= 4 is 11.6 Å². The van der Waals surface area contributed by atoms with Crippen LogP contribution >= 0.6 is 11.6 Å². The smallest absolute Gasteiger partial charge is 0.132 e. The highest BCUT2D eigenvalue weighted by atomic mass is 35.5. The van der Waals surface area contributed by atoms with Crippen molar-refractivity contribution in [3.8, 4) is 11.5 Å². The van der Waals surface area contributed by atoms with Gasteiger partial charge in [0.2, 0.25) is 0 Å². The lowest BCUT2D eigenvalue weighted by molar-refractivity contribution is 0.471. The first kappa shape index (κ1) is 12.9. The first-order chi connectivity index (χ1) is 8.69. The van der Waals surface area contributed by atoms with Crippen LogP contribution in [-0.2, 0) is 6.42 Å². The molecule has 0 saturated heterocycles. The Morgan fingerprint density at radius 1 is 1.17 bits per heavy atom. The Kier molecular flexibility index (Phi) is 4.18. The molecular formula is C14H13ClFNO. The van der Waals surface area contributed by atoms with E-state index in [0.717, 1.165) is 5.56 Å². The van der Waals surface area contributed by atoms with E-state index in [1.54, 1.807) is 24.3 Å². The molecule has 2 aromatic carbocycles. The number of hydrogen-bond acceptors (Lipinski definition) is 2. The second-order valence-corrected chi connectivity index (χ2v) is 4.29. The van der Waals surface area contributed by atoms with Crippen LogP contribution in [0.5, 0.6) is 11.5 Å². The molecule has 0 fully saturated rings. The van der Waals surface area contributed by atoms with Gasteiger partial charge in [0, 0.05) is 11.1 Å². The Morgan fingerprint density at radius 2 is 2.00 bits per heavy atom. The SMILES string of the molecule is NCCc1ccc(Cl)cc1Oc1cccc(F)c1. The van der Waals surface area contributed by atoms with Gasteiger partial charge in [-0.3, -0.25) is 0 Å². The minimum absolute atomic E-state index is 0.338. The van der Waals surface area contributed by atoms with E-state index in [2.05, 4.69) is 0 Å². The van der Waals surface area contributed by atoms with Gasteiger partial charge in [-0.05, 0) is 42.8 Å². The maximum Gasteiger partial charge on any atom is 0.132 e. The van der Waals surface area contributed by atoms with Gasteiger partial charge in [0.15, 0.2) is 0 Å². The van der Waals surface area contributed by atoms with Gasteiger partial charge in [-0.1, -0.05) is 23.7 Å². The summed E-state index contributed by atoms with van der Waals surface area (Å²) in [5.74, 6) is 0.712. The van der Waals surface area contributed by atoms with Crippen LogP contribution in [0.1, 0.15) is 5.56 Å². The molecule has 2 nitrogen and oxygen atoms in total. The lowest BCUT2D eigenvalue weighted by Crippen LogP contribution is -2.04. The molecule has 0 unspecified atom stereocenters. The average molecular weight is 266 g/mol. The van der Waals surface area contributed by atoms with E-state index < -0.39 is 0 Å². The number of benzene rings is 2. The van der Waals surface area contributed by atoms with Crippen molar-refractivity contribution in [1.29, 1.82) is 0 Å². The molecule has 0 spiro atoms. The summed E-state index contributed by atoms with van der Waals surface area (Å²) in [6, 6.07) is 11.3. The highest BCUT2D eigenvalue weighted by Gasteiger charge is 2.06. The minimum atomic E-state index is -0.338. The van der Waals surface area contributed by atoms with Crippen LogP contribution in [0.2, 0.25) is 5.02 Å². The molecule has 0 aliphatic heterocycles. The molecule has 0 amide bonds. The van der Waals surface area contributed by atoms with Gasteiger partial charge in [-0.25, -0.2) is 4.39 Å². The van der Waals surface area contributed by atoms with E-state index in [1.165, 1.54) is 12.1 Å². The summed E-state index contributed by atoms with van der Waals surface area (Å²) in [6.07, 6.45) is 0.682. The Morgan fingerprint density at radius 3 is 2.72 bits per heavy atom. The van der Waals surface area contributed by atoms with Crippen molar-refractivity contribution < 1.29 is 9.13 Å². The number of rotatable bonds is 4. The monoisotopic (exact) mass is 265 g/mol. The molecular weight excluding hydrogens is 253 g/mol. The van der Waals surface area contributed by atoms with E-state index in [-0.39, 0.29) is 5.82 Å². The molecule has 2 N–H and O–H groups in total. The van der Waals surface area contributed by atoms with Gasteiger partial charge < -0.3 is 10.5 Å². The van der Waals surface area contributed by atoms with Crippen molar-refractivity contribution in [2.75, 3.05) is 6.54 Å². The molecule has 0 radical (unpaired) electrons. The third-order valence-electron chi connectivity index (χ3n) is 2.47.